The Bertz CT molecular complexity index is 1920. The summed E-state index contributed by atoms with van der Waals surface area (Å²) in [6, 6.07) is 16.5. The van der Waals surface area contributed by atoms with Crippen molar-refractivity contribution in [1.82, 2.24) is 5.32 Å². The number of nitrogens with zero attached hydrogens (tertiary/aromatic N) is 1. The van der Waals surface area contributed by atoms with Crippen LogP contribution in [0.5, 0.6) is 5.75 Å². The molecule has 0 bridgehead atoms. The van der Waals surface area contributed by atoms with Gasteiger partial charge in [0.15, 0.2) is 11.6 Å². The zero-order valence-corrected chi connectivity index (χ0v) is 24.3. The summed E-state index contributed by atoms with van der Waals surface area (Å²) in [6.45, 7) is 5.65. The highest BCUT2D eigenvalue weighted by molar-refractivity contribution is 6.14. The number of allylic oxidation sites excluding steroid dienone is 5. The van der Waals surface area contributed by atoms with Crippen LogP contribution in [0.15, 0.2) is 116 Å². The Morgan fingerprint density at radius 2 is 1.91 bits per heavy atom. The Kier molecular flexibility index (Phi) is 8.48. The largest absolute Gasteiger partial charge is 0.494 e. The molecule has 1 atom stereocenters. The summed E-state index contributed by atoms with van der Waals surface area (Å²) >= 11 is 0. The molecule has 0 amide bonds. The van der Waals surface area contributed by atoms with E-state index in [2.05, 4.69) is 10.3 Å². The first-order chi connectivity index (χ1) is 20.7. The number of aliphatic imine (C=N–C) groups is 1. The third kappa shape index (κ3) is 5.81. The maximum atomic E-state index is 14.7. The average Bonchev–Trinajstić information content (AvgIpc) is 3.22. The highest BCUT2D eigenvalue weighted by Gasteiger charge is 2.26. The molecule has 4 aromatic rings. The van der Waals surface area contributed by atoms with E-state index in [1.165, 1.54) is 31.4 Å². The van der Waals surface area contributed by atoms with Crippen molar-refractivity contribution in [1.29, 1.82) is 5.41 Å². The number of hydrogen-bond acceptors (Lipinski definition) is 6. The van der Waals surface area contributed by atoms with Crippen LogP contribution in [0.1, 0.15) is 44.6 Å². The van der Waals surface area contributed by atoms with Gasteiger partial charge >= 0.3 is 0 Å². The number of ether oxygens (including phenoxy) is 1. The fraction of sp³-hybridized carbons (Fsp3) is 0.171. The average molecular weight is 580 g/mol. The summed E-state index contributed by atoms with van der Waals surface area (Å²) in [7, 11) is 1.38. The molecular weight excluding hydrogens is 548 g/mol. The predicted molar refractivity (Wildman–Crippen MR) is 167 cm³/mol. The highest BCUT2D eigenvalue weighted by atomic mass is 19.1. The molecule has 0 saturated heterocycles. The van der Waals surface area contributed by atoms with Gasteiger partial charge in [0.2, 0.25) is 5.43 Å². The number of fused-ring (bicyclic) bond motifs is 1. The van der Waals surface area contributed by atoms with Crippen molar-refractivity contribution in [3.8, 4) is 16.9 Å². The van der Waals surface area contributed by atoms with E-state index >= 15 is 0 Å². The Hall–Kier alpha value is -5.11. The molecule has 6 nitrogen and oxygen atoms in total. The van der Waals surface area contributed by atoms with Gasteiger partial charge in [-0.3, -0.25) is 10.2 Å². The van der Waals surface area contributed by atoms with Gasteiger partial charge in [0.05, 0.1) is 29.8 Å². The molecule has 0 fully saturated rings. The Morgan fingerprint density at radius 1 is 1.12 bits per heavy atom. The van der Waals surface area contributed by atoms with Gasteiger partial charge in [0.1, 0.15) is 23.0 Å². The number of rotatable bonds is 8. The summed E-state index contributed by atoms with van der Waals surface area (Å²) in [5.41, 5.74) is 3.22. The van der Waals surface area contributed by atoms with Gasteiger partial charge in [0, 0.05) is 23.8 Å². The van der Waals surface area contributed by atoms with Crippen LogP contribution in [-0.4, -0.2) is 19.0 Å². The Morgan fingerprint density at radius 3 is 2.63 bits per heavy atom. The molecule has 0 aliphatic carbocycles. The van der Waals surface area contributed by atoms with Crippen LogP contribution in [0.25, 0.3) is 22.1 Å². The van der Waals surface area contributed by atoms with Crippen LogP contribution >= 0.6 is 0 Å². The normalized spacial score (nSPS) is 14.4. The van der Waals surface area contributed by atoms with Gasteiger partial charge in [-0.25, -0.2) is 13.8 Å². The van der Waals surface area contributed by atoms with Gasteiger partial charge < -0.3 is 14.5 Å². The number of halogens is 2. The fourth-order valence-electron chi connectivity index (χ4n) is 5.10. The van der Waals surface area contributed by atoms with Gasteiger partial charge in [-0.05, 0) is 79.9 Å². The first-order valence-corrected chi connectivity index (χ1v) is 13.8. The molecule has 2 heterocycles. The van der Waals surface area contributed by atoms with E-state index < -0.39 is 17.7 Å². The zero-order chi connectivity index (χ0) is 30.7. The van der Waals surface area contributed by atoms with Crippen molar-refractivity contribution >= 4 is 22.9 Å². The predicted octanol–water partition coefficient (Wildman–Crippen LogP) is 8.04. The fourth-order valence-corrected chi connectivity index (χ4v) is 5.10. The monoisotopic (exact) mass is 579 g/mol. The molecular formula is C35H31F2N3O3. The van der Waals surface area contributed by atoms with Gasteiger partial charge in [-0.1, -0.05) is 36.4 Å². The zero-order valence-electron chi connectivity index (χ0n) is 24.3. The second-order valence-corrected chi connectivity index (χ2v) is 10.1. The lowest BCUT2D eigenvalue weighted by molar-refractivity contribution is 0.386. The second kappa shape index (κ2) is 12.4. The Labute approximate surface area is 248 Å². The lowest BCUT2D eigenvalue weighted by Crippen LogP contribution is -2.24. The maximum absolute atomic E-state index is 14.7. The van der Waals surface area contributed by atoms with Crippen LogP contribution in [0.3, 0.4) is 0 Å². The van der Waals surface area contributed by atoms with Crippen molar-refractivity contribution in [2.24, 2.45) is 4.99 Å². The minimum atomic E-state index is -0.650. The highest BCUT2D eigenvalue weighted by Crippen LogP contribution is 2.33. The minimum absolute atomic E-state index is 0.0491. The van der Waals surface area contributed by atoms with Crippen molar-refractivity contribution in [2.75, 3.05) is 7.11 Å². The van der Waals surface area contributed by atoms with Crippen LogP contribution in [0.2, 0.25) is 0 Å². The van der Waals surface area contributed by atoms with E-state index in [9.17, 15) is 19.0 Å². The molecule has 8 heteroatoms. The van der Waals surface area contributed by atoms with E-state index in [4.69, 9.17) is 9.15 Å². The summed E-state index contributed by atoms with van der Waals surface area (Å²) in [5, 5.41) is 12.9. The number of methoxy groups -OCH3 is 1. The number of para-hydroxylation sites is 1. The molecule has 1 unspecified atom stereocenters. The topological polar surface area (TPSA) is 87.7 Å². The molecule has 3 aromatic carbocycles. The van der Waals surface area contributed by atoms with Crippen LogP contribution in [0, 0.1) is 17.0 Å². The molecule has 1 aliphatic rings. The molecule has 0 spiro atoms. The SMILES string of the molecule is C/C=C(/C)C1=CCC=NC(NC(C)c2oc3ccccc3c(=O)c2-c2cccc(F)c2)=C1C(=N)c1ccc(OC)c(F)c1. The quantitative estimate of drug-likeness (QED) is 0.207. The first kappa shape index (κ1) is 29.4. The van der Waals surface area contributed by atoms with Crippen LogP contribution in [-0.2, 0) is 0 Å². The van der Waals surface area contributed by atoms with E-state index in [0.29, 0.717) is 39.9 Å². The minimum Gasteiger partial charge on any atom is -0.494 e. The van der Waals surface area contributed by atoms with Gasteiger partial charge in [-0.15, -0.1) is 0 Å². The lowest BCUT2D eigenvalue weighted by Gasteiger charge is -2.22. The summed E-state index contributed by atoms with van der Waals surface area (Å²) in [5.74, 6) is -0.355. The van der Waals surface area contributed by atoms with Crippen LogP contribution < -0.4 is 15.5 Å². The standard InChI is InChI=1S/C35H31F2N3O3/c1-5-20(2)25-13-9-17-39-35(31(25)32(38)23-15-16-29(42-4)27(37)19-23)40-21(3)34-30(22-10-8-11-24(36)18-22)33(41)26-12-6-7-14-28(26)43-34/h5-8,10-19,21,38,40H,9H2,1-4H3/b20-5-,38-32?. The number of nitrogens with one attached hydrogen (secondary N) is 2. The summed E-state index contributed by atoms with van der Waals surface area (Å²) < 4.78 is 40.4. The molecule has 43 heavy (non-hydrogen) atoms. The van der Waals surface area contributed by atoms with Crippen molar-refractivity contribution < 1.29 is 17.9 Å². The summed E-state index contributed by atoms with van der Waals surface area (Å²) in [4.78, 5) is 18.5. The summed E-state index contributed by atoms with van der Waals surface area (Å²) in [6.07, 6.45) is 6.13. The van der Waals surface area contributed by atoms with E-state index in [-0.39, 0.29) is 28.2 Å². The molecule has 2 N–H and O–H groups in total. The lowest BCUT2D eigenvalue weighted by atomic mass is 9.90. The molecule has 1 aromatic heterocycles. The van der Waals surface area contributed by atoms with Gasteiger partial charge in [-0.2, -0.15) is 0 Å². The molecule has 5 rings (SSSR count). The molecule has 218 valence electrons. The smallest absolute Gasteiger partial charge is 0.200 e. The molecule has 0 saturated carbocycles. The van der Waals surface area contributed by atoms with Crippen molar-refractivity contribution in [2.45, 2.75) is 33.2 Å². The molecule has 1 aliphatic heterocycles. The van der Waals surface area contributed by atoms with E-state index in [1.807, 2.05) is 32.9 Å². The second-order valence-electron chi connectivity index (χ2n) is 10.1. The third-order valence-corrected chi connectivity index (χ3v) is 7.39. The van der Waals surface area contributed by atoms with Gasteiger partial charge in [0.25, 0.3) is 0 Å². The van der Waals surface area contributed by atoms with E-state index in [1.54, 1.807) is 48.7 Å². The van der Waals surface area contributed by atoms with E-state index in [0.717, 1.165) is 11.1 Å². The van der Waals surface area contributed by atoms with Crippen LogP contribution in [0.4, 0.5) is 8.78 Å². The Balaban J connectivity index is 1.69. The maximum Gasteiger partial charge on any atom is 0.200 e. The third-order valence-electron chi connectivity index (χ3n) is 7.39. The van der Waals surface area contributed by atoms with Crippen molar-refractivity contribution in [3.05, 3.63) is 135 Å². The molecule has 0 radical (unpaired) electrons. The number of benzene rings is 3. The van der Waals surface area contributed by atoms with Crippen molar-refractivity contribution in [3.63, 3.8) is 0 Å². The number of hydrogen-bond donors (Lipinski definition) is 2. The first-order valence-electron chi connectivity index (χ1n) is 13.8.